The lowest BCUT2D eigenvalue weighted by Gasteiger charge is -2.23. The van der Waals surface area contributed by atoms with Gasteiger partial charge >= 0.3 is 7.60 Å². The van der Waals surface area contributed by atoms with E-state index in [-0.39, 0.29) is 13.2 Å². The van der Waals surface area contributed by atoms with Gasteiger partial charge in [-0.1, -0.05) is 18.2 Å². The molecule has 0 aliphatic heterocycles. The Balaban J connectivity index is 3.14. The molecular formula is C12H17N2O3P. The van der Waals surface area contributed by atoms with E-state index in [1.54, 1.807) is 38.1 Å². The average molecular weight is 268 g/mol. The molecule has 1 rings (SSSR count). The van der Waals surface area contributed by atoms with Crippen molar-refractivity contribution in [3.63, 3.8) is 0 Å². The Kier molecular flexibility index (Phi) is 5.52. The van der Waals surface area contributed by atoms with E-state index >= 15 is 0 Å². The van der Waals surface area contributed by atoms with Gasteiger partial charge in [-0.3, -0.25) is 4.57 Å². The number of hydrogen-bond donors (Lipinski definition) is 1. The lowest BCUT2D eigenvalue weighted by Crippen LogP contribution is -2.16. The van der Waals surface area contributed by atoms with Gasteiger partial charge in [0, 0.05) is 0 Å². The molecule has 0 amide bonds. The molecule has 0 spiro atoms. The van der Waals surface area contributed by atoms with Crippen LogP contribution < -0.4 is 5.73 Å². The summed E-state index contributed by atoms with van der Waals surface area (Å²) < 4.78 is 22.9. The highest BCUT2D eigenvalue weighted by atomic mass is 31.2. The summed E-state index contributed by atoms with van der Waals surface area (Å²) in [6.45, 7) is 3.91. The molecule has 6 heteroatoms. The van der Waals surface area contributed by atoms with Crippen LogP contribution in [-0.4, -0.2) is 13.2 Å². The molecule has 18 heavy (non-hydrogen) atoms. The number of nitrogens with zero attached hydrogens (tertiary/aromatic N) is 1. The van der Waals surface area contributed by atoms with E-state index < -0.39 is 13.4 Å². The van der Waals surface area contributed by atoms with Crippen LogP contribution in [-0.2, 0) is 13.6 Å². The minimum Gasteiger partial charge on any atom is -0.314 e. The quantitative estimate of drug-likeness (QED) is 0.802. The molecule has 0 fully saturated rings. The van der Waals surface area contributed by atoms with Crippen LogP contribution in [0.25, 0.3) is 0 Å². The molecule has 1 atom stereocenters. The molecule has 5 nitrogen and oxygen atoms in total. The van der Waals surface area contributed by atoms with Crippen molar-refractivity contribution in [2.24, 2.45) is 5.73 Å². The zero-order valence-electron chi connectivity index (χ0n) is 10.5. The van der Waals surface area contributed by atoms with Crippen LogP contribution in [0.4, 0.5) is 0 Å². The first-order valence-corrected chi connectivity index (χ1v) is 7.33. The van der Waals surface area contributed by atoms with E-state index in [9.17, 15) is 4.57 Å². The van der Waals surface area contributed by atoms with Gasteiger partial charge in [-0.05, 0) is 25.5 Å². The highest BCUT2D eigenvalue weighted by Crippen LogP contribution is 2.58. The van der Waals surface area contributed by atoms with Gasteiger partial charge in [-0.15, -0.1) is 0 Å². The molecule has 0 aliphatic carbocycles. The topological polar surface area (TPSA) is 85.3 Å². The van der Waals surface area contributed by atoms with Gasteiger partial charge in [0.05, 0.1) is 24.8 Å². The molecule has 0 saturated heterocycles. The van der Waals surface area contributed by atoms with E-state index in [0.29, 0.717) is 11.1 Å². The van der Waals surface area contributed by atoms with Crippen LogP contribution in [0.15, 0.2) is 24.3 Å². The fourth-order valence-corrected chi connectivity index (χ4v) is 3.27. The Morgan fingerprint density at radius 2 is 1.89 bits per heavy atom. The van der Waals surface area contributed by atoms with Gasteiger partial charge in [0.1, 0.15) is 5.78 Å². The Morgan fingerprint density at radius 3 is 2.39 bits per heavy atom. The number of benzene rings is 1. The lowest BCUT2D eigenvalue weighted by molar-refractivity contribution is 0.212. The molecule has 1 aromatic carbocycles. The van der Waals surface area contributed by atoms with Gasteiger partial charge in [0.25, 0.3) is 0 Å². The second-order valence-electron chi connectivity index (χ2n) is 3.52. The summed E-state index contributed by atoms with van der Waals surface area (Å²) in [4.78, 5) is 0. The number of nitriles is 1. The van der Waals surface area contributed by atoms with Crippen molar-refractivity contribution >= 4 is 7.60 Å². The second kappa shape index (κ2) is 6.67. The van der Waals surface area contributed by atoms with E-state index in [4.69, 9.17) is 20.0 Å². The average Bonchev–Trinajstić information content (AvgIpc) is 2.38. The maximum Gasteiger partial charge on any atom is 0.351 e. The normalized spacial score (nSPS) is 13.0. The van der Waals surface area contributed by atoms with Crippen molar-refractivity contribution in [1.29, 1.82) is 5.26 Å². The smallest absolute Gasteiger partial charge is 0.314 e. The SMILES string of the molecule is CCOP(=O)(OCC)[C@H](N)c1ccccc1C#N. The molecule has 0 radical (unpaired) electrons. The number of nitrogens with two attached hydrogens (primary N) is 1. The third-order valence-corrected chi connectivity index (χ3v) is 4.55. The standard InChI is InChI=1S/C12H17N2O3P/c1-3-16-18(15,17-4-2)12(14)11-8-6-5-7-10(11)9-13/h5-8,12H,3-4,14H2,1-2H3/t12-/m0/s1. The zero-order valence-corrected chi connectivity index (χ0v) is 11.4. The van der Waals surface area contributed by atoms with Crippen LogP contribution in [0.2, 0.25) is 0 Å². The van der Waals surface area contributed by atoms with E-state index in [0.717, 1.165) is 0 Å². The van der Waals surface area contributed by atoms with E-state index in [2.05, 4.69) is 0 Å². The molecule has 2 N–H and O–H groups in total. The summed E-state index contributed by atoms with van der Waals surface area (Å²) in [6.07, 6.45) is 0. The van der Waals surface area contributed by atoms with Crippen molar-refractivity contribution in [2.45, 2.75) is 19.6 Å². The molecular weight excluding hydrogens is 251 g/mol. The first-order valence-electron chi connectivity index (χ1n) is 5.72. The van der Waals surface area contributed by atoms with Gasteiger partial charge in [0.2, 0.25) is 0 Å². The fourth-order valence-electron chi connectivity index (χ4n) is 1.58. The first kappa shape index (κ1) is 14.9. The van der Waals surface area contributed by atoms with Crippen LogP contribution in [0.3, 0.4) is 0 Å². The lowest BCUT2D eigenvalue weighted by atomic mass is 10.1. The first-order chi connectivity index (χ1) is 8.59. The molecule has 0 unspecified atom stereocenters. The van der Waals surface area contributed by atoms with Gasteiger partial charge in [0.15, 0.2) is 0 Å². The fraction of sp³-hybridized carbons (Fsp3) is 0.417. The summed E-state index contributed by atoms with van der Waals surface area (Å²) >= 11 is 0. The second-order valence-corrected chi connectivity index (χ2v) is 5.67. The van der Waals surface area contributed by atoms with Crippen molar-refractivity contribution in [2.75, 3.05) is 13.2 Å². The summed E-state index contributed by atoms with van der Waals surface area (Å²) in [7, 11) is -3.45. The molecule has 0 saturated carbocycles. The van der Waals surface area contributed by atoms with Crippen LogP contribution in [0.5, 0.6) is 0 Å². The van der Waals surface area contributed by atoms with E-state index in [1.165, 1.54) is 0 Å². The summed E-state index contributed by atoms with van der Waals surface area (Å²) in [5.41, 5.74) is 6.81. The van der Waals surface area contributed by atoms with Crippen molar-refractivity contribution in [3.8, 4) is 6.07 Å². The summed E-state index contributed by atoms with van der Waals surface area (Å²) in [5, 5.41) is 9.02. The number of rotatable bonds is 6. The van der Waals surface area contributed by atoms with Crippen molar-refractivity contribution < 1.29 is 13.6 Å². The monoisotopic (exact) mass is 268 g/mol. The van der Waals surface area contributed by atoms with Gasteiger partial charge in [-0.2, -0.15) is 5.26 Å². The molecule has 0 bridgehead atoms. The Labute approximate surface area is 107 Å². The molecule has 0 aromatic heterocycles. The highest BCUT2D eigenvalue weighted by molar-refractivity contribution is 7.54. The molecule has 98 valence electrons. The summed E-state index contributed by atoms with van der Waals surface area (Å²) in [6, 6.07) is 8.76. The largest absolute Gasteiger partial charge is 0.351 e. The zero-order chi connectivity index (χ0) is 13.6. The predicted octanol–water partition coefficient (Wildman–Crippen LogP) is 2.78. The number of hydrogen-bond acceptors (Lipinski definition) is 5. The Bertz CT molecular complexity index is 474. The molecule has 1 aromatic rings. The van der Waals surface area contributed by atoms with Crippen LogP contribution in [0, 0.1) is 11.3 Å². The third kappa shape index (κ3) is 3.18. The predicted molar refractivity (Wildman–Crippen MR) is 68.9 cm³/mol. The minimum absolute atomic E-state index is 0.236. The molecule has 0 heterocycles. The van der Waals surface area contributed by atoms with E-state index in [1.807, 2.05) is 6.07 Å². The third-order valence-electron chi connectivity index (χ3n) is 2.36. The highest BCUT2D eigenvalue weighted by Gasteiger charge is 2.35. The Hall–Kier alpha value is -1.18. The Morgan fingerprint density at radius 1 is 1.33 bits per heavy atom. The van der Waals surface area contributed by atoms with Gasteiger partial charge in [-0.25, -0.2) is 0 Å². The molecule has 0 aliphatic rings. The van der Waals surface area contributed by atoms with Crippen LogP contribution in [0.1, 0.15) is 30.8 Å². The minimum atomic E-state index is -3.45. The maximum absolute atomic E-state index is 12.5. The summed E-state index contributed by atoms with van der Waals surface area (Å²) in [5.74, 6) is -0.951. The van der Waals surface area contributed by atoms with Crippen LogP contribution >= 0.6 is 7.60 Å². The maximum atomic E-state index is 12.5. The van der Waals surface area contributed by atoms with Crippen molar-refractivity contribution in [1.82, 2.24) is 0 Å². The van der Waals surface area contributed by atoms with Gasteiger partial charge < -0.3 is 14.8 Å². The van der Waals surface area contributed by atoms with Crippen molar-refractivity contribution in [3.05, 3.63) is 35.4 Å².